The van der Waals surface area contributed by atoms with Gasteiger partial charge >= 0.3 is 0 Å². The molecule has 1 amide bonds. The summed E-state index contributed by atoms with van der Waals surface area (Å²) in [5.74, 6) is -0.296. The number of carbonyl (C=O) groups is 1. The van der Waals surface area contributed by atoms with Gasteiger partial charge < -0.3 is 15.0 Å². The highest BCUT2D eigenvalue weighted by molar-refractivity contribution is 7.92. The fourth-order valence-electron chi connectivity index (χ4n) is 4.29. The Labute approximate surface area is 228 Å². The molecular weight excluding hydrogens is 516 g/mol. The zero-order valence-electron chi connectivity index (χ0n) is 22.2. The van der Waals surface area contributed by atoms with Crippen LogP contribution in [0.1, 0.15) is 42.3 Å². The molecular formula is C29H34N4O5S. The summed E-state index contributed by atoms with van der Waals surface area (Å²) in [7, 11) is -2.32. The van der Waals surface area contributed by atoms with E-state index in [1.165, 1.54) is 19.2 Å². The summed E-state index contributed by atoms with van der Waals surface area (Å²) in [5, 5.41) is 15.2. The summed E-state index contributed by atoms with van der Waals surface area (Å²) in [6.07, 6.45) is 1.96. The fourth-order valence-corrected chi connectivity index (χ4v) is 5.36. The number of fused-ring (bicyclic) bond motifs is 1. The van der Waals surface area contributed by atoms with Crippen LogP contribution in [-0.2, 0) is 21.4 Å². The van der Waals surface area contributed by atoms with Crippen LogP contribution in [0.2, 0.25) is 0 Å². The Morgan fingerprint density at radius 2 is 1.79 bits per heavy atom. The second-order valence-electron chi connectivity index (χ2n) is 9.99. The topological polar surface area (TPSA) is 122 Å². The molecule has 9 nitrogen and oxygen atoms in total. The number of anilines is 1. The molecule has 0 unspecified atom stereocenters. The van der Waals surface area contributed by atoms with Gasteiger partial charge in [-0.2, -0.15) is 0 Å². The molecule has 206 valence electrons. The van der Waals surface area contributed by atoms with Crippen LogP contribution >= 0.6 is 0 Å². The lowest BCUT2D eigenvalue weighted by atomic mass is 9.99. The lowest BCUT2D eigenvalue weighted by Gasteiger charge is -2.28. The molecule has 0 saturated heterocycles. The molecule has 0 aliphatic carbocycles. The quantitative estimate of drug-likeness (QED) is 0.196. The summed E-state index contributed by atoms with van der Waals surface area (Å²) in [6.45, 7) is 5.18. The van der Waals surface area contributed by atoms with E-state index < -0.39 is 16.1 Å². The highest BCUT2D eigenvalue weighted by Crippen LogP contribution is 2.23. The smallest absolute Gasteiger partial charge is 0.274 e. The van der Waals surface area contributed by atoms with Crippen molar-refractivity contribution in [3.05, 3.63) is 96.2 Å². The molecule has 0 radical (unpaired) electrons. The summed E-state index contributed by atoms with van der Waals surface area (Å²) < 4.78 is 30.0. The Bertz CT molecular complexity index is 1530. The standard InChI is InChI=1S/C29H34N4O5S/c1-29(2,15-17-33-16-14-21-18-23(12-13-26(21)33)28(35)31-38-3)30-20-27(34)22-8-7-9-24(19-22)32-39(36,37)25-10-5-4-6-11-25/h4-14,16,18-19,27,30,32,34H,15,17,20H2,1-3H3,(H,31,35)/t27-/m0/s1. The molecule has 0 fully saturated rings. The zero-order valence-corrected chi connectivity index (χ0v) is 23.0. The molecule has 0 aliphatic heterocycles. The average molecular weight is 551 g/mol. The highest BCUT2D eigenvalue weighted by Gasteiger charge is 2.20. The summed E-state index contributed by atoms with van der Waals surface area (Å²) in [6, 6.07) is 22.4. The molecule has 10 heteroatoms. The Hall–Kier alpha value is -3.70. The van der Waals surface area contributed by atoms with Gasteiger partial charge in [-0.3, -0.25) is 14.4 Å². The minimum absolute atomic E-state index is 0.173. The number of hydrogen-bond donors (Lipinski definition) is 4. The van der Waals surface area contributed by atoms with Crippen molar-refractivity contribution in [1.29, 1.82) is 0 Å². The maximum Gasteiger partial charge on any atom is 0.274 e. The summed E-state index contributed by atoms with van der Waals surface area (Å²) in [5.41, 5.74) is 4.58. The third kappa shape index (κ3) is 7.24. The fraction of sp³-hybridized carbons (Fsp3) is 0.276. The van der Waals surface area contributed by atoms with Crippen LogP contribution in [0.3, 0.4) is 0 Å². The van der Waals surface area contributed by atoms with E-state index in [2.05, 4.69) is 33.9 Å². The predicted molar refractivity (Wildman–Crippen MR) is 152 cm³/mol. The summed E-state index contributed by atoms with van der Waals surface area (Å²) >= 11 is 0. The number of nitrogens with one attached hydrogen (secondary N) is 3. The van der Waals surface area contributed by atoms with Crippen molar-refractivity contribution in [2.45, 2.75) is 43.4 Å². The van der Waals surface area contributed by atoms with Crippen molar-refractivity contribution in [3.63, 3.8) is 0 Å². The Kier molecular flexibility index (Phi) is 8.71. The van der Waals surface area contributed by atoms with Crippen LogP contribution in [0.5, 0.6) is 0 Å². The molecule has 0 spiro atoms. The maximum absolute atomic E-state index is 12.7. The number of aliphatic hydroxyl groups is 1. The second kappa shape index (κ2) is 12.0. The van der Waals surface area contributed by atoms with Gasteiger partial charge in [0.1, 0.15) is 0 Å². The van der Waals surface area contributed by atoms with Crippen LogP contribution in [0, 0.1) is 0 Å². The van der Waals surface area contributed by atoms with Crippen molar-refractivity contribution >= 4 is 32.5 Å². The van der Waals surface area contributed by atoms with Crippen molar-refractivity contribution in [3.8, 4) is 0 Å². The van der Waals surface area contributed by atoms with E-state index in [9.17, 15) is 18.3 Å². The van der Waals surface area contributed by atoms with E-state index in [0.717, 1.165) is 23.9 Å². The predicted octanol–water partition coefficient (Wildman–Crippen LogP) is 4.23. The highest BCUT2D eigenvalue weighted by atomic mass is 32.2. The molecule has 4 rings (SSSR count). The maximum atomic E-state index is 12.7. The first-order valence-corrected chi connectivity index (χ1v) is 14.1. The number of sulfonamides is 1. The average Bonchev–Trinajstić information content (AvgIpc) is 3.33. The molecule has 1 aromatic heterocycles. The Morgan fingerprint density at radius 1 is 1.03 bits per heavy atom. The number of hydroxylamine groups is 1. The van der Waals surface area contributed by atoms with Crippen molar-refractivity contribution in [2.75, 3.05) is 18.4 Å². The Balaban J connectivity index is 1.34. The summed E-state index contributed by atoms with van der Waals surface area (Å²) in [4.78, 5) is 16.9. The Morgan fingerprint density at radius 3 is 2.54 bits per heavy atom. The van der Waals surface area contributed by atoms with Crippen molar-refractivity contribution in [1.82, 2.24) is 15.4 Å². The number of hydrogen-bond acceptors (Lipinski definition) is 6. The van der Waals surface area contributed by atoms with E-state index >= 15 is 0 Å². The minimum atomic E-state index is -3.72. The van der Waals surface area contributed by atoms with Gasteiger partial charge in [0.2, 0.25) is 0 Å². The van der Waals surface area contributed by atoms with E-state index in [-0.39, 0.29) is 16.3 Å². The van der Waals surface area contributed by atoms with Crippen LogP contribution in [-0.4, -0.2) is 43.2 Å². The number of β-amino-alcohol motifs (C(OH)–C–C–N with tert-alkyl or cyclic N) is 1. The van der Waals surface area contributed by atoms with Gasteiger partial charge in [0.15, 0.2) is 0 Å². The lowest BCUT2D eigenvalue weighted by molar-refractivity contribution is 0.0538. The monoisotopic (exact) mass is 550 g/mol. The van der Waals surface area contributed by atoms with Crippen molar-refractivity contribution < 1.29 is 23.2 Å². The molecule has 0 bridgehead atoms. The van der Waals surface area contributed by atoms with Crippen LogP contribution in [0.25, 0.3) is 10.9 Å². The number of carbonyl (C=O) groups excluding carboxylic acids is 1. The van der Waals surface area contributed by atoms with Crippen molar-refractivity contribution in [2.24, 2.45) is 0 Å². The third-order valence-corrected chi connectivity index (χ3v) is 7.95. The number of aliphatic hydroxyl groups excluding tert-OH is 1. The van der Waals surface area contributed by atoms with E-state index in [1.807, 2.05) is 24.4 Å². The lowest BCUT2D eigenvalue weighted by Crippen LogP contribution is -2.42. The molecule has 1 heterocycles. The van der Waals surface area contributed by atoms with Gasteiger partial charge in [-0.15, -0.1) is 0 Å². The molecule has 39 heavy (non-hydrogen) atoms. The van der Waals surface area contributed by atoms with E-state index in [4.69, 9.17) is 4.84 Å². The van der Waals surface area contributed by atoms with Gasteiger partial charge in [0.05, 0.1) is 18.1 Å². The second-order valence-corrected chi connectivity index (χ2v) is 11.7. The van der Waals surface area contributed by atoms with Crippen LogP contribution in [0.15, 0.2) is 90.0 Å². The van der Waals surface area contributed by atoms with Gasteiger partial charge in [-0.1, -0.05) is 30.3 Å². The number of benzene rings is 3. The van der Waals surface area contributed by atoms with E-state index in [0.29, 0.717) is 23.4 Å². The number of nitrogens with zero attached hydrogens (tertiary/aromatic N) is 1. The number of amides is 1. The molecule has 4 N–H and O–H groups in total. The number of aromatic nitrogens is 1. The first-order chi connectivity index (χ1) is 18.6. The first-order valence-electron chi connectivity index (χ1n) is 12.6. The SMILES string of the molecule is CONC(=O)c1ccc2c(ccn2CCC(C)(C)NC[C@H](O)c2cccc(NS(=O)(=O)c3ccccc3)c2)c1. The molecule has 0 aliphatic rings. The van der Waals surface area contributed by atoms with Crippen LogP contribution in [0.4, 0.5) is 5.69 Å². The largest absolute Gasteiger partial charge is 0.387 e. The normalized spacial score (nSPS) is 12.8. The van der Waals surface area contributed by atoms with Gasteiger partial charge in [0.25, 0.3) is 15.9 Å². The minimum Gasteiger partial charge on any atom is -0.387 e. The zero-order chi connectivity index (χ0) is 28.0. The number of rotatable bonds is 12. The molecule has 4 aromatic rings. The third-order valence-electron chi connectivity index (χ3n) is 6.56. The van der Waals surface area contributed by atoms with Gasteiger partial charge in [-0.25, -0.2) is 13.9 Å². The number of aryl methyl sites for hydroxylation is 1. The van der Waals surface area contributed by atoms with E-state index in [1.54, 1.807) is 48.5 Å². The van der Waals surface area contributed by atoms with Crippen LogP contribution < -0.4 is 15.5 Å². The van der Waals surface area contributed by atoms with Gasteiger partial charge in [0, 0.05) is 47.0 Å². The molecule has 3 aromatic carbocycles. The first kappa shape index (κ1) is 28.3. The molecule has 0 saturated carbocycles. The molecule has 1 atom stereocenters. The van der Waals surface area contributed by atoms with Gasteiger partial charge in [-0.05, 0) is 74.4 Å².